The summed E-state index contributed by atoms with van der Waals surface area (Å²) < 4.78 is 0. The minimum atomic E-state index is 0.0252. The fourth-order valence-electron chi connectivity index (χ4n) is 1.11. The Balaban J connectivity index is 3.35. The molecule has 0 aliphatic carbocycles. The van der Waals surface area contributed by atoms with Gasteiger partial charge in [-0.3, -0.25) is 0 Å². The molecule has 0 unspecified atom stereocenters. The second kappa shape index (κ2) is 4.13. The first kappa shape index (κ1) is 8.22. The van der Waals surface area contributed by atoms with Gasteiger partial charge in [0.05, 0.1) is 0 Å². The summed E-state index contributed by atoms with van der Waals surface area (Å²) in [5.41, 5.74) is 1.06. The molecule has 49 valence electrons. The second-order valence-electron chi connectivity index (χ2n) is 2.59. The fourth-order valence-corrected chi connectivity index (χ4v) is 2.74. The van der Waals surface area contributed by atoms with Gasteiger partial charge in [0.15, 0.2) is 0 Å². The van der Waals surface area contributed by atoms with E-state index in [9.17, 15) is 0 Å². The van der Waals surface area contributed by atoms with Crippen LogP contribution in [-0.2, 0) is 0 Å². The van der Waals surface area contributed by atoms with Gasteiger partial charge in [-0.1, -0.05) is 39.8 Å². The highest BCUT2D eigenvalue weighted by Crippen LogP contribution is 2.18. The van der Waals surface area contributed by atoms with E-state index in [1.165, 1.54) is 12.8 Å². The maximum Gasteiger partial charge on any atom is 0.0445 e. The van der Waals surface area contributed by atoms with Gasteiger partial charge in [-0.25, -0.2) is 0 Å². The van der Waals surface area contributed by atoms with Crippen molar-refractivity contribution in [1.82, 2.24) is 0 Å². The van der Waals surface area contributed by atoms with Gasteiger partial charge >= 0.3 is 0 Å². The largest absolute Gasteiger partial charge is 0.0711 e. The third-order valence-corrected chi connectivity index (χ3v) is 4.25. The average Bonchev–Trinajstić information content (AvgIpc) is 1.69. The van der Waals surface area contributed by atoms with Gasteiger partial charge in [0, 0.05) is 8.80 Å². The maximum atomic E-state index is 2.41. The second-order valence-corrected chi connectivity index (χ2v) is 5.56. The standard InChI is InChI=1S/C7H17Si/c1-5-7(6-2)8(3)4/h7H,5-6H2,1-4H3. The zero-order valence-electron chi connectivity index (χ0n) is 6.49. The van der Waals surface area contributed by atoms with Gasteiger partial charge in [-0.05, 0) is 5.54 Å². The first-order valence-electron chi connectivity index (χ1n) is 3.52. The van der Waals surface area contributed by atoms with Crippen molar-refractivity contribution < 1.29 is 0 Å². The topological polar surface area (TPSA) is 0 Å². The Bertz CT molecular complexity index is 46.3. The van der Waals surface area contributed by atoms with E-state index in [1.807, 2.05) is 0 Å². The van der Waals surface area contributed by atoms with Gasteiger partial charge in [0.2, 0.25) is 0 Å². The van der Waals surface area contributed by atoms with Gasteiger partial charge in [-0.15, -0.1) is 0 Å². The molecule has 0 fully saturated rings. The Morgan fingerprint density at radius 1 is 1.12 bits per heavy atom. The molecule has 8 heavy (non-hydrogen) atoms. The summed E-state index contributed by atoms with van der Waals surface area (Å²) >= 11 is 0. The molecule has 0 saturated carbocycles. The zero-order chi connectivity index (χ0) is 6.57. The van der Waals surface area contributed by atoms with Crippen LogP contribution in [-0.4, -0.2) is 8.80 Å². The number of hydrogen-bond acceptors (Lipinski definition) is 0. The van der Waals surface area contributed by atoms with Crippen LogP contribution >= 0.6 is 0 Å². The first-order chi connectivity index (χ1) is 3.72. The van der Waals surface area contributed by atoms with Crippen molar-refractivity contribution in [3.05, 3.63) is 0 Å². The third-order valence-electron chi connectivity index (χ3n) is 1.80. The maximum absolute atomic E-state index is 2.41. The molecule has 0 atom stereocenters. The van der Waals surface area contributed by atoms with Crippen LogP contribution in [0.25, 0.3) is 0 Å². The summed E-state index contributed by atoms with van der Waals surface area (Å²) in [5, 5.41) is 0. The molecular formula is C7H17Si. The van der Waals surface area contributed by atoms with Crippen LogP contribution in [0.2, 0.25) is 18.6 Å². The fraction of sp³-hybridized carbons (Fsp3) is 1.00. The summed E-state index contributed by atoms with van der Waals surface area (Å²) in [6.45, 7) is 9.41. The smallest absolute Gasteiger partial charge is 0.0445 e. The van der Waals surface area contributed by atoms with E-state index in [-0.39, 0.29) is 8.80 Å². The molecule has 0 bridgehead atoms. The molecule has 0 amide bonds. The SMILES string of the molecule is CCC(CC)[Si](C)C. The van der Waals surface area contributed by atoms with Crippen molar-refractivity contribution in [3.8, 4) is 0 Å². The van der Waals surface area contributed by atoms with Gasteiger partial charge in [0.1, 0.15) is 0 Å². The molecule has 0 aromatic rings. The lowest BCUT2D eigenvalue weighted by Crippen LogP contribution is -2.09. The number of rotatable bonds is 3. The van der Waals surface area contributed by atoms with E-state index < -0.39 is 0 Å². The van der Waals surface area contributed by atoms with Crippen molar-refractivity contribution in [1.29, 1.82) is 0 Å². The summed E-state index contributed by atoms with van der Waals surface area (Å²) in [7, 11) is 0.0252. The molecule has 0 nitrogen and oxygen atoms in total. The molecule has 0 heterocycles. The Hall–Kier alpha value is 0.217. The van der Waals surface area contributed by atoms with Crippen molar-refractivity contribution in [3.63, 3.8) is 0 Å². The Morgan fingerprint density at radius 2 is 1.50 bits per heavy atom. The van der Waals surface area contributed by atoms with E-state index in [2.05, 4.69) is 26.9 Å². The lowest BCUT2D eigenvalue weighted by molar-refractivity contribution is 0.751. The van der Waals surface area contributed by atoms with E-state index in [0.29, 0.717) is 0 Å². The van der Waals surface area contributed by atoms with Crippen molar-refractivity contribution in [2.45, 2.75) is 45.3 Å². The minimum absolute atomic E-state index is 0.0252. The molecule has 0 aliphatic heterocycles. The predicted octanol–water partition coefficient (Wildman–Crippen LogP) is 2.93. The summed E-state index contributed by atoms with van der Waals surface area (Å²) in [6.07, 6.45) is 2.77. The van der Waals surface area contributed by atoms with Crippen LogP contribution in [0.3, 0.4) is 0 Å². The van der Waals surface area contributed by atoms with Crippen molar-refractivity contribution in [2.75, 3.05) is 0 Å². The molecule has 1 heteroatoms. The summed E-state index contributed by atoms with van der Waals surface area (Å²) in [5.74, 6) is 0. The van der Waals surface area contributed by atoms with Crippen LogP contribution in [0, 0.1) is 0 Å². The Morgan fingerprint density at radius 3 is 1.50 bits per heavy atom. The molecule has 1 radical (unpaired) electrons. The van der Waals surface area contributed by atoms with Crippen LogP contribution in [0.5, 0.6) is 0 Å². The molecule has 0 aromatic carbocycles. The molecular weight excluding hydrogens is 112 g/mol. The van der Waals surface area contributed by atoms with E-state index in [1.54, 1.807) is 0 Å². The molecule has 0 rings (SSSR count). The molecule has 0 saturated heterocycles. The highest BCUT2D eigenvalue weighted by molar-refractivity contribution is 6.57. The zero-order valence-corrected chi connectivity index (χ0v) is 7.49. The van der Waals surface area contributed by atoms with Gasteiger partial charge in [-0.2, -0.15) is 0 Å². The lowest BCUT2D eigenvalue weighted by atomic mass is 10.3. The third kappa shape index (κ3) is 2.51. The van der Waals surface area contributed by atoms with Crippen molar-refractivity contribution in [2.24, 2.45) is 0 Å². The van der Waals surface area contributed by atoms with Crippen LogP contribution < -0.4 is 0 Å². The molecule has 0 N–H and O–H groups in total. The molecule has 0 spiro atoms. The minimum Gasteiger partial charge on any atom is -0.0711 e. The van der Waals surface area contributed by atoms with Crippen LogP contribution in [0.15, 0.2) is 0 Å². The normalized spacial score (nSPS) is 11.2. The summed E-state index contributed by atoms with van der Waals surface area (Å²) in [6, 6.07) is 0. The van der Waals surface area contributed by atoms with Crippen molar-refractivity contribution >= 4 is 8.80 Å². The van der Waals surface area contributed by atoms with E-state index in [0.717, 1.165) is 5.54 Å². The van der Waals surface area contributed by atoms with Crippen LogP contribution in [0.1, 0.15) is 26.7 Å². The lowest BCUT2D eigenvalue weighted by Gasteiger charge is -2.13. The molecule has 0 aliphatic rings. The first-order valence-corrected chi connectivity index (χ1v) is 6.10. The Labute approximate surface area is 54.9 Å². The quantitative estimate of drug-likeness (QED) is 0.514. The highest BCUT2D eigenvalue weighted by atomic mass is 28.3. The van der Waals surface area contributed by atoms with E-state index in [4.69, 9.17) is 0 Å². The number of hydrogen-bond donors (Lipinski definition) is 0. The molecule has 0 aromatic heterocycles. The van der Waals surface area contributed by atoms with Crippen LogP contribution in [0.4, 0.5) is 0 Å². The van der Waals surface area contributed by atoms with E-state index >= 15 is 0 Å². The van der Waals surface area contributed by atoms with Gasteiger partial charge in [0.25, 0.3) is 0 Å². The Kier molecular flexibility index (Phi) is 4.24. The summed E-state index contributed by atoms with van der Waals surface area (Å²) in [4.78, 5) is 0. The average molecular weight is 129 g/mol. The predicted molar refractivity (Wildman–Crippen MR) is 41.8 cm³/mol. The highest BCUT2D eigenvalue weighted by Gasteiger charge is 2.08. The van der Waals surface area contributed by atoms with Gasteiger partial charge < -0.3 is 0 Å². The monoisotopic (exact) mass is 129 g/mol.